The van der Waals surface area contributed by atoms with Crippen LogP contribution in [0, 0.1) is 19.8 Å². The number of rotatable bonds is 5. The van der Waals surface area contributed by atoms with E-state index in [0.29, 0.717) is 6.04 Å². The molecule has 1 saturated carbocycles. The van der Waals surface area contributed by atoms with Crippen LogP contribution in [0.5, 0.6) is 0 Å². The van der Waals surface area contributed by atoms with Crippen molar-refractivity contribution >= 4 is 11.6 Å². The van der Waals surface area contributed by atoms with E-state index in [9.17, 15) is 0 Å². The SMILES string of the molecule is Cc1nn(Cc2ccccc2Cl)c(C)c1CNC1CC1C. The Hall–Kier alpha value is -1.32. The summed E-state index contributed by atoms with van der Waals surface area (Å²) in [7, 11) is 0. The number of aromatic nitrogens is 2. The van der Waals surface area contributed by atoms with Gasteiger partial charge < -0.3 is 5.32 Å². The second-order valence-electron chi connectivity index (χ2n) is 6.10. The van der Waals surface area contributed by atoms with Crippen LogP contribution in [0.15, 0.2) is 24.3 Å². The minimum atomic E-state index is 0.690. The molecule has 0 aliphatic heterocycles. The van der Waals surface area contributed by atoms with Crippen molar-refractivity contribution in [1.82, 2.24) is 15.1 Å². The molecule has 1 aromatic carbocycles. The number of aryl methyl sites for hydroxylation is 1. The summed E-state index contributed by atoms with van der Waals surface area (Å²) < 4.78 is 2.06. The Balaban J connectivity index is 1.75. The maximum Gasteiger partial charge on any atom is 0.0677 e. The third-order valence-corrected chi connectivity index (χ3v) is 4.83. The van der Waals surface area contributed by atoms with Gasteiger partial charge in [-0.05, 0) is 37.8 Å². The average molecular weight is 304 g/mol. The summed E-state index contributed by atoms with van der Waals surface area (Å²) in [5.74, 6) is 0.823. The van der Waals surface area contributed by atoms with E-state index in [0.717, 1.165) is 35.3 Å². The molecule has 2 aromatic rings. The molecule has 0 bridgehead atoms. The van der Waals surface area contributed by atoms with Crippen LogP contribution >= 0.6 is 11.6 Å². The summed E-state index contributed by atoms with van der Waals surface area (Å²) in [6.45, 7) is 8.16. The van der Waals surface area contributed by atoms with Crippen molar-refractivity contribution in [3.05, 3.63) is 51.8 Å². The molecule has 4 heteroatoms. The Morgan fingerprint density at radius 2 is 2.05 bits per heavy atom. The summed E-state index contributed by atoms with van der Waals surface area (Å²) in [5.41, 5.74) is 4.77. The van der Waals surface area contributed by atoms with Crippen LogP contribution in [0.4, 0.5) is 0 Å². The van der Waals surface area contributed by atoms with Crippen molar-refractivity contribution in [3.8, 4) is 0 Å². The average Bonchev–Trinajstić information content (AvgIpc) is 3.09. The summed E-state index contributed by atoms with van der Waals surface area (Å²) >= 11 is 6.25. The van der Waals surface area contributed by atoms with Crippen molar-refractivity contribution in [2.24, 2.45) is 5.92 Å². The second-order valence-corrected chi connectivity index (χ2v) is 6.51. The van der Waals surface area contributed by atoms with Gasteiger partial charge in [0.2, 0.25) is 0 Å². The van der Waals surface area contributed by atoms with Crippen molar-refractivity contribution < 1.29 is 0 Å². The standard InChI is InChI=1S/C17H22ClN3/c1-11-8-17(11)19-9-15-12(2)20-21(13(15)3)10-14-6-4-5-7-16(14)18/h4-7,11,17,19H,8-10H2,1-3H3. The molecule has 1 heterocycles. The van der Waals surface area contributed by atoms with E-state index in [1.165, 1.54) is 17.7 Å². The van der Waals surface area contributed by atoms with Crippen LogP contribution in [-0.4, -0.2) is 15.8 Å². The molecule has 112 valence electrons. The van der Waals surface area contributed by atoms with Gasteiger partial charge in [-0.15, -0.1) is 0 Å². The molecule has 0 saturated heterocycles. The summed E-state index contributed by atoms with van der Waals surface area (Å²) in [6.07, 6.45) is 1.30. The number of halogens is 1. The first kappa shape index (κ1) is 14.6. The van der Waals surface area contributed by atoms with Crippen LogP contribution in [0.3, 0.4) is 0 Å². The highest BCUT2D eigenvalue weighted by molar-refractivity contribution is 6.31. The highest BCUT2D eigenvalue weighted by atomic mass is 35.5. The summed E-state index contributed by atoms with van der Waals surface area (Å²) in [6, 6.07) is 8.65. The Morgan fingerprint density at radius 3 is 2.71 bits per heavy atom. The molecular formula is C17H22ClN3. The predicted molar refractivity (Wildman–Crippen MR) is 86.7 cm³/mol. The Labute approximate surface area is 131 Å². The van der Waals surface area contributed by atoms with Crippen molar-refractivity contribution in [1.29, 1.82) is 0 Å². The molecule has 2 unspecified atom stereocenters. The summed E-state index contributed by atoms with van der Waals surface area (Å²) in [4.78, 5) is 0. The zero-order valence-corrected chi connectivity index (χ0v) is 13.6. The molecule has 1 aliphatic rings. The molecule has 2 atom stereocenters. The van der Waals surface area contributed by atoms with Crippen LogP contribution in [0.1, 0.15) is 35.9 Å². The van der Waals surface area contributed by atoms with E-state index in [1.807, 2.05) is 18.2 Å². The van der Waals surface area contributed by atoms with E-state index in [-0.39, 0.29) is 0 Å². The molecule has 1 aromatic heterocycles. The van der Waals surface area contributed by atoms with Gasteiger partial charge in [-0.2, -0.15) is 5.10 Å². The lowest BCUT2D eigenvalue weighted by Gasteiger charge is -2.08. The quantitative estimate of drug-likeness (QED) is 0.913. The fraction of sp³-hybridized carbons (Fsp3) is 0.471. The third kappa shape index (κ3) is 3.14. The maximum atomic E-state index is 6.25. The smallest absolute Gasteiger partial charge is 0.0677 e. The minimum absolute atomic E-state index is 0.690. The number of nitrogens with one attached hydrogen (secondary N) is 1. The third-order valence-electron chi connectivity index (χ3n) is 4.46. The molecule has 0 spiro atoms. The second kappa shape index (κ2) is 5.82. The van der Waals surface area contributed by atoms with Crippen LogP contribution in [0.25, 0.3) is 0 Å². The van der Waals surface area contributed by atoms with E-state index >= 15 is 0 Å². The van der Waals surface area contributed by atoms with Crippen molar-refractivity contribution in [3.63, 3.8) is 0 Å². The highest BCUT2D eigenvalue weighted by Gasteiger charge is 2.32. The predicted octanol–water partition coefficient (Wildman–Crippen LogP) is 3.70. The molecule has 0 amide bonds. The first-order chi connectivity index (χ1) is 10.1. The number of benzene rings is 1. The molecular weight excluding hydrogens is 282 g/mol. The van der Waals surface area contributed by atoms with Gasteiger partial charge in [0.25, 0.3) is 0 Å². The number of hydrogen-bond donors (Lipinski definition) is 1. The van der Waals surface area contributed by atoms with Gasteiger partial charge in [0.1, 0.15) is 0 Å². The molecule has 1 fully saturated rings. The highest BCUT2D eigenvalue weighted by Crippen LogP contribution is 2.29. The van der Waals surface area contributed by atoms with E-state index in [4.69, 9.17) is 11.6 Å². The van der Waals surface area contributed by atoms with Gasteiger partial charge in [-0.1, -0.05) is 36.7 Å². The van der Waals surface area contributed by atoms with Gasteiger partial charge in [0.15, 0.2) is 0 Å². The Bertz CT molecular complexity index is 647. The van der Waals surface area contributed by atoms with E-state index in [1.54, 1.807) is 0 Å². The fourth-order valence-electron chi connectivity index (χ4n) is 2.77. The maximum absolute atomic E-state index is 6.25. The minimum Gasteiger partial charge on any atom is -0.310 e. The topological polar surface area (TPSA) is 29.9 Å². The zero-order chi connectivity index (χ0) is 15.0. The first-order valence-electron chi connectivity index (χ1n) is 7.56. The summed E-state index contributed by atoms with van der Waals surface area (Å²) in [5, 5.41) is 9.10. The lowest BCUT2D eigenvalue weighted by molar-refractivity contribution is 0.640. The fourth-order valence-corrected chi connectivity index (χ4v) is 2.97. The first-order valence-corrected chi connectivity index (χ1v) is 7.93. The normalized spacial score (nSPS) is 20.8. The molecule has 3 nitrogen and oxygen atoms in total. The number of nitrogens with zero attached hydrogens (tertiary/aromatic N) is 2. The zero-order valence-electron chi connectivity index (χ0n) is 12.9. The molecule has 0 radical (unpaired) electrons. The van der Waals surface area contributed by atoms with Crippen LogP contribution in [-0.2, 0) is 13.1 Å². The monoisotopic (exact) mass is 303 g/mol. The lowest BCUT2D eigenvalue weighted by Crippen LogP contribution is -2.18. The van der Waals surface area contributed by atoms with E-state index < -0.39 is 0 Å². The van der Waals surface area contributed by atoms with Crippen LogP contribution < -0.4 is 5.32 Å². The molecule has 1 aliphatic carbocycles. The van der Waals surface area contributed by atoms with Gasteiger partial charge in [0.05, 0.1) is 12.2 Å². The molecule has 1 N–H and O–H groups in total. The lowest BCUT2D eigenvalue weighted by atomic mass is 10.2. The van der Waals surface area contributed by atoms with Gasteiger partial charge in [-0.3, -0.25) is 4.68 Å². The molecule has 3 rings (SSSR count). The Kier molecular flexibility index (Phi) is 4.05. The Morgan fingerprint density at radius 1 is 1.33 bits per heavy atom. The van der Waals surface area contributed by atoms with Crippen LogP contribution in [0.2, 0.25) is 5.02 Å². The molecule has 21 heavy (non-hydrogen) atoms. The largest absolute Gasteiger partial charge is 0.310 e. The number of hydrogen-bond acceptors (Lipinski definition) is 2. The van der Waals surface area contributed by atoms with Crippen molar-refractivity contribution in [2.75, 3.05) is 0 Å². The van der Waals surface area contributed by atoms with Gasteiger partial charge in [-0.25, -0.2) is 0 Å². The van der Waals surface area contributed by atoms with Crippen molar-refractivity contribution in [2.45, 2.75) is 46.3 Å². The van der Waals surface area contributed by atoms with Gasteiger partial charge in [0, 0.05) is 28.9 Å². The van der Waals surface area contributed by atoms with Gasteiger partial charge >= 0.3 is 0 Å². The van der Waals surface area contributed by atoms with E-state index in [2.05, 4.69) is 41.9 Å².